The zero-order valence-corrected chi connectivity index (χ0v) is 8.92. The van der Waals surface area contributed by atoms with Gasteiger partial charge in [0.15, 0.2) is 0 Å². The summed E-state index contributed by atoms with van der Waals surface area (Å²) in [5, 5.41) is 2.99. The van der Waals surface area contributed by atoms with Gasteiger partial charge in [0, 0.05) is 31.1 Å². The molecule has 0 fully saturated rings. The minimum absolute atomic E-state index is 0.0686. The zero-order chi connectivity index (χ0) is 11.4. The maximum Gasteiger partial charge on any atom is 0.253 e. The molecule has 2 aromatic heterocycles. The van der Waals surface area contributed by atoms with E-state index in [0.717, 1.165) is 11.4 Å². The molecule has 0 amide bonds. The van der Waals surface area contributed by atoms with Gasteiger partial charge in [-0.1, -0.05) is 6.07 Å². The summed E-state index contributed by atoms with van der Waals surface area (Å²) in [4.78, 5) is 19.6. The van der Waals surface area contributed by atoms with Crippen LogP contribution in [0.2, 0.25) is 0 Å². The van der Waals surface area contributed by atoms with Gasteiger partial charge in [-0.3, -0.25) is 9.36 Å². The van der Waals surface area contributed by atoms with Crippen molar-refractivity contribution >= 4 is 5.82 Å². The molecule has 0 aliphatic heterocycles. The minimum Gasteiger partial charge on any atom is -0.373 e. The van der Waals surface area contributed by atoms with Crippen molar-refractivity contribution in [2.75, 3.05) is 12.4 Å². The van der Waals surface area contributed by atoms with Gasteiger partial charge >= 0.3 is 0 Å². The average molecular weight is 216 g/mol. The van der Waals surface area contributed by atoms with Crippen molar-refractivity contribution in [1.82, 2.24) is 14.5 Å². The molecule has 2 aromatic rings. The van der Waals surface area contributed by atoms with Crippen molar-refractivity contribution in [2.45, 2.75) is 6.54 Å². The molecule has 16 heavy (non-hydrogen) atoms. The van der Waals surface area contributed by atoms with Gasteiger partial charge in [-0.05, 0) is 6.07 Å². The molecule has 0 saturated carbocycles. The summed E-state index contributed by atoms with van der Waals surface area (Å²) in [5.41, 5.74) is 0.890. The highest BCUT2D eigenvalue weighted by Gasteiger charge is 2.02. The number of pyridine rings is 1. The predicted octanol–water partition coefficient (Wildman–Crippen LogP) is 0.728. The Hall–Kier alpha value is -2.17. The van der Waals surface area contributed by atoms with Gasteiger partial charge in [-0.15, -0.1) is 0 Å². The number of anilines is 1. The zero-order valence-electron chi connectivity index (χ0n) is 8.92. The molecule has 5 heteroatoms. The summed E-state index contributed by atoms with van der Waals surface area (Å²) in [6.45, 7) is 0.469. The van der Waals surface area contributed by atoms with Crippen molar-refractivity contribution in [3.8, 4) is 0 Å². The molecular formula is C11H12N4O. The molecule has 2 rings (SSSR count). The fraction of sp³-hybridized carbons (Fsp3) is 0.182. The van der Waals surface area contributed by atoms with E-state index in [9.17, 15) is 4.79 Å². The molecule has 0 radical (unpaired) electrons. The minimum atomic E-state index is -0.0686. The van der Waals surface area contributed by atoms with Crippen LogP contribution in [0.25, 0.3) is 0 Å². The van der Waals surface area contributed by atoms with Gasteiger partial charge in [-0.25, -0.2) is 9.97 Å². The first kappa shape index (κ1) is 10.4. The van der Waals surface area contributed by atoms with Crippen molar-refractivity contribution < 1.29 is 0 Å². The molecule has 0 atom stereocenters. The summed E-state index contributed by atoms with van der Waals surface area (Å²) >= 11 is 0. The first-order valence-electron chi connectivity index (χ1n) is 4.93. The molecule has 0 bridgehead atoms. The fourth-order valence-corrected chi connectivity index (χ4v) is 1.47. The number of nitrogens with zero attached hydrogens (tertiary/aromatic N) is 3. The largest absolute Gasteiger partial charge is 0.373 e. The van der Waals surface area contributed by atoms with E-state index in [2.05, 4.69) is 15.3 Å². The van der Waals surface area contributed by atoms with Gasteiger partial charge in [0.1, 0.15) is 5.82 Å². The van der Waals surface area contributed by atoms with E-state index < -0.39 is 0 Å². The third kappa shape index (κ3) is 2.08. The highest BCUT2D eigenvalue weighted by atomic mass is 16.1. The number of hydrogen-bond acceptors (Lipinski definition) is 4. The molecule has 5 nitrogen and oxygen atoms in total. The van der Waals surface area contributed by atoms with Crippen LogP contribution in [-0.2, 0) is 6.54 Å². The maximum absolute atomic E-state index is 11.5. The Morgan fingerprint density at radius 1 is 1.38 bits per heavy atom. The third-order valence-corrected chi connectivity index (χ3v) is 2.26. The van der Waals surface area contributed by atoms with Crippen molar-refractivity contribution in [3.05, 3.63) is 52.8 Å². The van der Waals surface area contributed by atoms with Crippen LogP contribution in [0.3, 0.4) is 0 Å². The van der Waals surface area contributed by atoms with Crippen LogP contribution in [0.4, 0.5) is 5.82 Å². The Morgan fingerprint density at radius 3 is 3.00 bits per heavy atom. The molecule has 0 aliphatic rings. The summed E-state index contributed by atoms with van der Waals surface area (Å²) < 4.78 is 1.54. The lowest BCUT2D eigenvalue weighted by atomic mass is 10.2. The lowest BCUT2D eigenvalue weighted by Crippen LogP contribution is -2.20. The first-order valence-corrected chi connectivity index (χ1v) is 4.93. The van der Waals surface area contributed by atoms with E-state index in [-0.39, 0.29) is 5.56 Å². The van der Waals surface area contributed by atoms with Crippen LogP contribution in [0.15, 0.2) is 41.7 Å². The van der Waals surface area contributed by atoms with Gasteiger partial charge in [0.05, 0.1) is 12.9 Å². The lowest BCUT2D eigenvalue weighted by molar-refractivity contribution is 0.734. The molecule has 0 aliphatic carbocycles. The van der Waals surface area contributed by atoms with E-state index in [1.807, 2.05) is 12.1 Å². The first-order chi connectivity index (χ1) is 7.81. The van der Waals surface area contributed by atoms with E-state index in [4.69, 9.17) is 0 Å². The van der Waals surface area contributed by atoms with Crippen LogP contribution < -0.4 is 10.9 Å². The van der Waals surface area contributed by atoms with Crippen molar-refractivity contribution in [3.63, 3.8) is 0 Å². The SMILES string of the molecule is CNc1ncccc1Cn1cnccc1=O. The number of rotatable bonds is 3. The number of hydrogen-bond donors (Lipinski definition) is 1. The standard InChI is InChI=1S/C11H12N4O/c1-12-11-9(3-2-5-14-11)7-15-8-13-6-4-10(15)16/h2-6,8H,7H2,1H3,(H,12,14). The molecule has 2 heterocycles. The van der Waals surface area contributed by atoms with Crippen LogP contribution in [-0.4, -0.2) is 21.6 Å². The summed E-state index contributed by atoms with van der Waals surface area (Å²) in [5.74, 6) is 0.776. The van der Waals surface area contributed by atoms with Gasteiger partial charge in [0.2, 0.25) is 0 Å². The molecular weight excluding hydrogens is 204 g/mol. The summed E-state index contributed by atoms with van der Waals surface area (Å²) in [6.07, 6.45) is 4.72. The molecule has 0 aromatic carbocycles. The molecule has 1 N–H and O–H groups in total. The van der Waals surface area contributed by atoms with Crippen LogP contribution in [0.1, 0.15) is 5.56 Å². The summed E-state index contributed by atoms with van der Waals surface area (Å²) in [6, 6.07) is 5.21. The lowest BCUT2D eigenvalue weighted by Gasteiger charge is -2.08. The second kappa shape index (κ2) is 4.57. The topological polar surface area (TPSA) is 59.8 Å². The number of aromatic nitrogens is 3. The van der Waals surface area contributed by atoms with Gasteiger partial charge in [-0.2, -0.15) is 0 Å². The van der Waals surface area contributed by atoms with Gasteiger partial charge in [0.25, 0.3) is 5.56 Å². The summed E-state index contributed by atoms with van der Waals surface area (Å²) in [7, 11) is 1.80. The molecule has 82 valence electrons. The molecule has 0 saturated heterocycles. The number of nitrogens with one attached hydrogen (secondary N) is 1. The van der Waals surface area contributed by atoms with Crippen molar-refractivity contribution in [2.24, 2.45) is 0 Å². The Balaban J connectivity index is 2.34. The van der Waals surface area contributed by atoms with Gasteiger partial charge < -0.3 is 5.32 Å². The fourth-order valence-electron chi connectivity index (χ4n) is 1.47. The van der Waals surface area contributed by atoms with Crippen LogP contribution >= 0.6 is 0 Å². The second-order valence-corrected chi connectivity index (χ2v) is 3.31. The second-order valence-electron chi connectivity index (χ2n) is 3.31. The highest BCUT2D eigenvalue weighted by Crippen LogP contribution is 2.10. The maximum atomic E-state index is 11.5. The smallest absolute Gasteiger partial charge is 0.253 e. The Kier molecular flexibility index (Phi) is 2.95. The van der Waals surface area contributed by atoms with E-state index in [1.165, 1.54) is 23.2 Å². The third-order valence-electron chi connectivity index (χ3n) is 2.26. The van der Waals surface area contributed by atoms with E-state index >= 15 is 0 Å². The highest BCUT2D eigenvalue weighted by molar-refractivity contribution is 5.42. The van der Waals surface area contributed by atoms with Crippen LogP contribution in [0.5, 0.6) is 0 Å². The molecule has 0 spiro atoms. The van der Waals surface area contributed by atoms with Crippen molar-refractivity contribution in [1.29, 1.82) is 0 Å². The Morgan fingerprint density at radius 2 is 2.25 bits per heavy atom. The quantitative estimate of drug-likeness (QED) is 0.821. The monoisotopic (exact) mass is 216 g/mol. The van der Waals surface area contributed by atoms with E-state index in [1.54, 1.807) is 13.2 Å². The molecule has 0 unspecified atom stereocenters. The van der Waals surface area contributed by atoms with E-state index in [0.29, 0.717) is 6.54 Å². The Bertz CT molecular complexity index is 535. The average Bonchev–Trinajstić information content (AvgIpc) is 2.33. The normalized spacial score (nSPS) is 10.1. The Labute approximate surface area is 92.8 Å². The predicted molar refractivity (Wildman–Crippen MR) is 61.4 cm³/mol. The van der Waals surface area contributed by atoms with Crippen LogP contribution in [0, 0.1) is 0 Å².